The van der Waals surface area contributed by atoms with Crippen LogP contribution in [0, 0.1) is 12.7 Å². The van der Waals surface area contributed by atoms with Gasteiger partial charge >= 0.3 is 0 Å². The maximum atomic E-state index is 14.5. The maximum Gasteiger partial charge on any atom is 0.251 e. The van der Waals surface area contributed by atoms with Gasteiger partial charge in [-0.15, -0.1) is 0 Å². The van der Waals surface area contributed by atoms with E-state index in [1.807, 2.05) is 0 Å². The van der Waals surface area contributed by atoms with Crippen molar-refractivity contribution < 1.29 is 17.6 Å². The van der Waals surface area contributed by atoms with Gasteiger partial charge in [-0.2, -0.15) is 4.31 Å². The van der Waals surface area contributed by atoms with E-state index in [1.165, 1.54) is 34.6 Å². The molecule has 7 nitrogen and oxygen atoms in total. The molecular weight excluding hydrogens is 419 g/mol. The summed E-state index contributed by atoms with van der Waals surface area (Å²) in [6.45, 7) is 2.99. The third kappa shape index (κ3) is 4.38. The Morgan fingerprint density at radius 3 is 2.45 bits per heavy atom. The van der Waals surface area contributed by atoms with E-state index in [1.54, 1.807) is 36.0 Å². The second kappa shape index (κ2) is 8.60. The zero-order valence-corrected chi connectivity index (χ0v) is 17.9. The van der Waals surface area contributed by atoms with Crippen molar-refractivity contribution in [2.24, 2.45) is 0 Å². The molecule has 0 atom stereocenters. The molecule has 0 unspecified atom stereocenters. The van der Waals surface area contributed by atoms with E-state index in [2.05, 4.69) is 10.3 Å². The molecule has 0 bridgehead atoms. The average Bonchev–Trinajstić information content (AvgIpc) is 3.45. The fraction of sp³-hybridized carbons (Fsp3) is 0.273. The average molecular weight is 443 g/mol. The molecule has 0 spiro atoms. The van der Waals surface area contributed by atoms with E-state index in [0.717, 1.165) is 12.8 Å². The number of rotatable bonds is 6. The first-order valence-corrected chi connectivity index (χ1v) is 11.5. The van der Waals surface area contributed by atoms with Gasteiger partial charge in [0.05, 0.1) is 10.6 Å². The second-order valence-corrected chi connectivity index (χ2v) is 9.39. The van der Waals surface area contributed by atoms with E-state index in [9.17, 15) is 17.6 Å². The highest BCUT2D eigenvalue weighted by molar-refractivity contribution is 7.89. The van der Waals surface area contributed by atoms with Gasteiger partial charge in [-0.05, 0) is 61.7 Å². The lowest BCUT2D eigenvalue weighted by molar-refractivity contribution is 0.0950. The summed E-state index contributed by atoms with van der Waals surface area (Å²) in [4.78, 5) is 16.7. The van der Waals surface area contributed by atoms with Crippen molar-refractivity contribution in [3.63, 3.8) is 0 Å². The molecule has 162 valence electrons. The number of aromatic nitrogens is 2. The lowest BCUT2D eigenvalue weighted by Gasteiger charge is -2.15. The van der Waals surface area contributed by atoms with Crippen LogP contribution >= 0.6 is 0 Å². The Kier molecular flexibility index (Phi) is 5.88. The zero-order chi connectivity index (χ0) is 22.0. The Labute approximate surface area is 180 Å². The van der Waals surface area contributed by atoms with Crippen LogP contribution in [0.3, 0.4) is 0 Å². The molecule has 1 aliphatic heterocycles. The molecule has 0 saturated carbocycles. The summed E-state index contributed by atoms with van der Waals surface area (Å²) in [6, 6.07) is 10.6. The largest absolute Gasteiger partial charge is 0.348 e. The van der Waals surface area contributed by atoms with E-state index in [4.69, 9.17) is 0 Å². The molecule has 31 heavy (non-hydrogen) atoms. The monoisotopic (exact) mass is 442 g/mol. The molecule has 1 fully saturated rings. The third-order valence-electron chi connectivity index (χ3n) is 5.37. The predicted octanol–water partition coefficient (Wildman–Crippen LogP) is 3.03. The van der Waals surface area contributed by atoms with Crippen LogP contribution in [0.5, 0.6) is 0 Å². The van der Waals surface area contributed by atoms with E-state index in [-0.39, 0.29) is 17.3 Å². The van der Waals surface area contributed by atoms with Crippen LogP contribution < -0.4 is 5.32 Å². The van der Waals surface area contributed by atoms with Crippen molar-refractivity contribution >= 4 is 15.9 Å². The highest BCUT2D eigenvalue weighted by Crippen LogP contribution is 2.21. The predicted molar refractivity (Wildman–Crippen MR) is 114 cm³/mol. The Balaban J connectivity index is 1.41. The minimum Gasteiger partial charge on any atom is -0.348 e. The second-order valence-electron chi connectivity index (χ2n) is 7.45. The van der Waals surface area contributed by atoms with Crippen LogP contribution in [0.4, 0.5) is 4.39 Å². The normalized spacial score (nSPS) is 14.6. The topological polar surface area (TPSA) is 84.3 Å². The van der Waals surface area contributed by atoms with Gasteiger partial charge < -0.3 is 9.88 Å². The number of hydrogen-bond donors (Lipinski definition) is 1. The van der Waals surface area contributed by atoms with Gasteiger partial charge in [0.1, 0.15) is 11.6 Å². The molecule has 1 N–H and O–H groups in total. The molecular formula is C22H23FN4O3S. The third-order valence-corrected chi connectivity index (χ3v) is 7.28. The van der Waals surface area contributed by atoms with Gasteiger partial charge in [0.25, 0.3) is 5.91 Å². The Hall–Kier alpha value is -3.04. The molecule has 9 heteroatoms. The first-order valence-electron chi connectivity index (χ1n) is 10.0. The van der Waals surface area contributed by atoms with Crippen molar-refractivity contribution in [1.29, 1.82) is 0 Å². The summed E-state index contributed by atoms with van der Waals surface area (Å²) in [5.41, 5.74) is 1.34. The van der Waals surface area contributed by atoms with Gasteiger partial charge in [0.2, 0.25) is 10.0 Å². The SMILES string of the molecule is Cc1nccn1-c1ccc(CNC(=O)c2ccc(S(=O)(=O)N3CCCC3)cc2)cc1F. The molecule has 1 amide bonds. The lowest BCUT2D eigenvalue weighted by Crippen LogP contribution is -2.28. The number of carbonyl (C=O) groups is 1. The number of carbonyl (C=O) groups excluding carboxylic acids is 1. The highest BCUT2D eigenvalue weighted by Gasteiger charge is 2.27. The number of benzene rings is 2. The van der Waals surface area contributed by atoms with Crippen LogP contribution in [0.15, 0.2) is 59.8 Å². The van der Waals surface area contributed by atoms with E-state index >= 15 is 0 Å². The highest BCUT2D eigenvalue weighted by atomic mass is 32.2. The number of nitrogens with zero attached hydrogens (tertiary/aromatic N) is 3. The van der Waals surface area contributed by atoms with Crippen molar-refractivity contribution in [3.05, 3.63) is 77.6 Å². The standard InChI is InChI=1S/C22H23FN4O3S/c1-16-24-10-13-27(16)21-9-4-17(14-20(21)23)15-25-22(28)18-5-7-19(8-6-18)31(29,30)26-11-2-3-12-26/h4-10,13-14H,2-3,11-12,15H2,1H3,(H,25,28). The summed E-state index contributed by atoms with van der Waals surface area (Å²) in [6.07, 6.45) is 5.01. The van der Waals surface area contributed by atoms with Crippen LogP contribution in [0.2, 0.25) is 0 Å². The number of hydrogen-bond acceptors (Lipinski definition) is 4. The number of nitrogens with one attached hydrogen (secondary N) is 1. The molecule has 4 rings (SSSR count). The fourth-order valence-electron chi connectivity index (χ4n) is 3.63. The summed E-state index contributed by atoms with van der Waals surface area (Å²) in [5, 5.41) is 2.74. The fourth-order valence-corrected chi connectivity index (χ4v) is 5.15. The van der Waals surface area contributed by atoms with Crippen LogP contribution in [0.25, 0.3) is 5.69 Å². The lowest BCUT2D eigenvalue weighted by atomic mass is 10.1. The van der Waals surface area contributed by atoms with E-state index in [0.29, 0.717) is 35.7 Å². The van der Waals surface area contributed by atoms with E-state index < -0.39 is 15.8 Å². The van der Waals surface area contributed by atoms with Crippen LogP contribution in [-0.2, 0) is 16.6 Å². The molecule has 1 aliphatic rings. The first-order chi connectivity index (χ1) is 14.9. The summed E-state index contributed by atoms with van der Waals surface area (Å²) in [5.74, 6) is -0.0977. The van der Waals surface area contributed by atoms with Crippen molar-refractivity contribution in [2.45, 2.75) is 31.2 Å². The van der Waals surface area contributed by atoms with Crippen molar-refractivity contribution in [1.82, 2.24) is 19.2 Å². The first kappa shape index (κ1) is 21.2. The number of sulfonamides is 1. The quantitative estimate of drug-likeness (QED) is 0.636. The van der Waals surface area contributed by atoms with Crippen LogP contribution in [-0.4, -0.2) is 41.3 Å². The number of aryl methyl sites for hydroxylation is 1. The summed E-state index contributed by atoms with van der Waals surface area (Å²) >= 11 is 0. The number of amides is 1. The van der Waals surface area contributed by atoms with Crippen LogP contribution in [0.1, 0.15) is 34.6 Å². The number of halogens is 1. The summed E-state index contributed by atoms with van der Waals surface area (Å²) in [7, 11) is -3.51. The minimum absolute atomic E-state index is 0.146. The van der Waals surface area contributed by atoms with Gasteiger partial charge in [0.15, 0.2) is 0 Å². The Bertz CT molecular complexity index is 1200. The molecule has 1 saturated heterocycles. The maximum absolute atomic E-state index is 14.5. The van der Waals surface area contributed by atoms with Crippen molar-refractivity contribution in [2.75, 3.05) is 13.1 Å². The number of imidazole rings is 1. The van der Waals surface area contributed by atoms with Gasteiger partial charge in [0, 0.05) is 37.6 Å². The molecule has 2 aromatic carbocycles. The van der Waals surface area contributed by atoms with Gasteiger partial charge in [-0.25, -0.2) is 17.8 Å². The molecule has 2 heterocycles. The smallest absolute Gasteiger partial charge is 0.251 e. The Morgan fingerprint density at radius 2 is 1.84 bits per heavy atom. The molecule has 3 aromatic rings. The molecule has 0 radical (unpaired) electrons. The van der Waals surface area contributed by atoms with Gasteiger partial charge in [-0.3, -0.25) is 4.79 Å². The molecule has 1 aromatic heterocycles. The summed E-state index contributed by atoms with van der Waals surface area (Å²) < 4.78 is 42.8. The van der Waals surface area contributed by atoms with Gasteiger partial charge in [-0.1, -0.05) is 6.07 Å². The Morgan fingerprint density at radius 1 is 1.13 bits per heavy atom. The zero-order valence-electron chi connectivity index (χ0n) is 17.1. The molecule has 0 aliphatic carbocycles. The van der Waals surface area contributed by atoms with Crippen molar-refractivity contribution in [3.8, 4) is 5.69 Å². The minimum atomic E-state index is -3.51.